The van der Waals surface area contributed by atoms with E-state index >= 15 is 0 Å². The summed E-state index contributed by atoms with van der Waals surface area (Å²) in [5.74, 6) is -0.0359. The molecule has 25 heavy (non-hydrogen) atoms. The number of nitrogens with zero attached hydrogens (tertiary/aromatic N) is 1. The topological polar surface area (TPSA) is 37.4 Å². The van der Waals surface area contributed by atoms with Gasteiger partial charge in [0.15, 0.2) is 0 Å². The fourth-order valence-electron chi connectivity index (χ4n) is 4.16. The Kier molecular flexibility index (Phi) is 3.53. The van der Waals surface area contributed by atoms with Gasteiger partial charge in [0, 0.05) is 4.90 Å². The van der Waals surface area contributed by atoms with Crippen molar-refractivity contribution in [3.8, 4) is 0 Å². The van der Waals surface area contributed by atoms with Crippen LogP contribution in [-0.2, 0) is 9.59 Å². The van der Waals surface area contributed by atoms with Gasteiger partial charge < -0.3 is 0 Å². The maximum absolute atomic E-state index is 13.4. The number of carbonyl (C=O) groups excluding carboxylic acids is 2. The number of carbonyl (C=O) groups is 2. The number of hydrogen-bond donors (Lipinski definition) is 0. The third-order valence-electron chi connectivity index (χ3n) is 5.53. The highest BCUT2D eigenvalue weighted by Crippen LogP contribution is 2.80. The molecule has 1 saturated carbocycles. The zero-order valence-corrected chi connectivity index (χ0v) is 16.5. The third-order valence-corrected chi connectivity index (χ3v) is 10.6. The van der Waals surface area contributed by atoms with E-state index in [1.807, 2.05) is 60.7 Å². The second-order valence-corrected chi connectivity index (χ2v) is 14.6. The van der Waals surface area contributed by atoms with Crippen LogP contribution in [-0.4, -0.2) is 24.6 Å². The van der Waals surface area contributed by atoms with Gasteiger partial charge in [0.25, 0.3) is 5.91 Å². The molecular formula is C20H21NO2SSi. The number of hydrogen-bond acceptors (Lipinski definition) is 3. The zero-order valence-electron chi connectivity index (χ0n) is 14.7. The van der Waals surface area contributed by atoms with Crippen LogP contribution in [0.3, 0.4) is 0 Å². The minimum Gasteiger partial charge on any atom is -0.274 e. The van der Waals surface area contributed by atoms with Crippen molar-refractivity contribution in [1.29, 1.82) is 0 Å². The van der Waals surface area contributed by atoms with Crippen LogP contribution in [0.15, 0.2) is 65.6 Å². The van der Waals surface area contributed by atoms with Gasteiger partial charge in [0.1, 0.15) is 4.75 Å². The number of thioether (sulfide) groups is 1. The Labute approximate surface area is 153 Å². The molecule has 0 N–H and O–H groups in total. The summed E-state index contributed by atoms with van der Waals surface area (Å²) in [6.07, 6.45) is 0.677. The van der Waals surface area contributed by atoms with Gasteiger partial charge in [-0.05, 0) is 30.7 Å². The number of piperidine rings is 1. The summed E-state index contributed by atoms with van der Waals surface area (Å²) in [4.78, 5) is 29.4. The van der Waals surface area contributed by atoms with Crippen molar-refractivity contribution in [1.82, 2.24) is 0 Å². The molecule has 2 fully saturated rings. The van der Waals surface area contributed by atoms with Crippen molar-refractivity contribution in [2.75, 3.05) is 4.90 Å². The molecule has 128 valence electrons. The van der Waals surface area contributed by atoms with E-state index in [1.54, 1.807) is 11.8 Å². The molecule has 2 atom stereocenters. The summed E-state index contributed by atoms with van der Waals surface area (Å²) in [6.45, 7) is 6.62. The molecule has 2 aromatic rings. The molecule has 0 spiro atoms. The molecule has 3 nitrogen and oxygen atoms in total. The second kappa shape index (κ2) is 5.32. The van der Waals surface area contributed by atoms with Crippen molar-refractivity contribution in [3.63, 3.8) is 0 Å². The summed E-state index contributed by atoms with van der Waals surface area (Å²) >= 11 is 1.59. The molecule has 0 radical (unpaired) electrons. The lowest BCUT2D eigenvalue weighted by Crippen LogP contribution is -2.41. The Hall–Kier alpha value is -1.85. The standard InChI is InChI=1S/C20H21NO2SSi/c1-25(2,3)20-14-19(20,24-16-12-8-5-9-13-16)17(22)21(18(20)23)15-10-6-4-7-11-15/h4-13H,14H2,1-3H3/t19-,20+/m1/s1. The quantitative estimate of drug-likeness (QED) is 0.587. The van der Waals surface area contributed by atoms with E-state index in [-0.39, 0.29) is 11.8 Å². The zero-order chi connectivity index (χ0) is 17.9. The minimum absolute atomic E-state index is 0.00583. The molecule has 1 heterocycles. The SMILES string of the molecule is C[Si](C)(C)[C@]12C[C@@]1(Sc1ccccc1)C(=O)N(c1ccccc1)C2=O. The van der Waals surface area contributed by atoms with Gasteiger partial charge in [-0.25, -0.2) is 4.90 Å². The number of para-hydroxylation sites is 1. The lowest BCUT2D eigenvalue weighted by molar-refractivity contribution is -0.123. The fraction of sp³-hybridized carbons (Fsp3) is 0.300. The van der Waals surface area contributed by atoms with E-state index in [0.717, 1.165) is 4.90 Å². The smallest absolute Gasteiger partial charge is 0.251 e. The first kappa shape index (κ1) is 16.6. The average Bonchev–Trinajstić information content (AvgIpc) is 3.23. The molecule has 4 rings (SSSR count). The lowest BCUT2D eigenvalue weighted by Gasteiger charge is -2.28. The van der Waals surface area contributed by atoms with Crippen LogP contribution in [0, 0.1) is 0 Å². The lowest BCUT2D eigenvalue weighted by atomic mass is 10.3. The highest BCUT2D eigenvalue weighted by molar-refractivity contribution is 8.02. The molecule has 2 aliphatic rings. The summed E-state index contributed by atoms with van der Waals surface area (Å²) in [6, 6.07) is 19.3. The Bertz CT molecular complexity index is 849. The van der Waals surface area contributed by atoms with Gasteiger partial charge >= 0.3 is 0 Å². The number of rotatable bonds is 4. The number of fused-ring (bicyclic) bond motifs is 1. The Balaban J connectivity index is 1.81. The van der Waals surface area contributed by atoms with Crippen LogP contribution in [0.25, 0.3) is 0 Å². The summed E-state index contributed by atoms with van der Waals surface area (Å²) in [7, 11) is -1.91. The van der Waals surface area contributed by atoms with Crippen LogP contribution in [0.2, 0.25) is 24.7 Å². The molecule has 2 amide bonds. The molecule has 1 saturated heterocycles. The van der Waals surface area contributed by atoms with Crippen molar-refractivity contribution >= 4 is 37.3 Å². The van der Waals surface area contributed by atoms with E-state index in [9.17, 15) is 9.59 Å². The largest absolute Gasteiger partial charge is 0.274 e. The molecule has 1 aliphatic heterocycles. The van der Waals surface area contributed by atoms with Gasteiger partial charge in [-0.15, -0.1) is 11.8 Å². The normalized spacial score (nSPS) is 28.2. The summed E-state index contributed by atoms with van der Waals surface area (Å²) < 4.78 is -0.633. The predicted molar refractivity (Wildman–Crippen MR) is 105 cm³/mol. The average molecular weight is 368 g/mol. The van der Waals surface area contributed by atoms with Gasteiger partial charge in [-0.2, -0.15) is 0 Å². The van der Waals surface area contributed by atoms with E-state index in [4.69, 9.17) is 0 Å². The highest BCUT2D eigenvalue weighted by atomic mass is 32.2. The molecule has 0 bridgehead atoms. The predicted octanol–water partition coefficient (Wildman–Crippen LogP) is 4.57. The van der Waals surface area contributed by atoms with Crippen molar-refractivity contribution in [2.45, 2.75) is 40.7 Å². The number of benzene rings is 2. The summed E-state index contributed by atoms with van der Waals surface area (Å²) in [5.41, 5.74) is 0.690. The Morgan fingerprint density at radius 1 is 0.880 bits per heavy atom. The maximum Gasteiger partial charge on any atom is 0.251 e. The maximum atomic E-state index is 13.4. The number of imide groups is 1. The first-order chi connectivity index (χ1) is 11.8. The van der Waals surface area contributed by atoms with Gasteiger partial charge in [-0.3, -0.25) is 9.59 Å². The monoisotopic (exact) mass is 367 g/mol. The van der Waals surface area contributed by atoms with E-state index < -0.39 is 17.9 Å². The molecule has 2 aromatic carbocycles. The fourth-order valence-corrected chi connectivity index (χ4v) is 9.65. The molecule has 0 unspecified atom stereocenters. The number of anilines is 1. The third kappa shape index (κ3) is 2.12. The molecular weight excluding hydrogens is 346 g/mol. The molecule has 1 aliphatic carbocycles. The van der Waals surface area contributed by atoms with Crippen LogP contribution in [0.1, 0.15) is 6.42 Å². The Morgan fingerprint density at radius 2 is 1.44 bits per heavy atom. The van der Waals surface area contributed by atoms with Gasteiger partial charge in [-0.1, -0.05) is 56.0 Å². The first-order valence-corrected chi connectivity index (χ1v) is 12.8. The molecule has 0 aromatic heterocycles. The van der Waals surface area contributed by atoms with Gasteiger partial charge in [0.2, 0.25) is 5.91 Å². The van der Waals surface area contributed by atoms with E-state index in [2.05, 4.69) is 19.6 Å². The van der Waals surface area contributed by atoms with Crippen LogP contribution in [0.5, 0.6) is 0 Å². The second-order valence-electron chi connectivity index (χ2n) is 7.86. The van der Waals surface area contributed by atoms with Gasteiger partial charge in [0.05, 0.1) is 18.8 Å². The molecule has 5 heteroatoms. The Morgan fingerprint density at radius 3 is 2.00 bits per heavy atom. The van der Waals surface area contributed by atoms with Crippen molar-refractivity contribution in [3.05, 3.63) is 60.7 Å². The van der Waals surface area contributed by atoms with Crippen molar-refractivity contribution < 1.29 is 9.59 Å². The van der Waals surface area contributed by atoms with E-state index in [0.29, 0.717) is 12.1 Å². The first-order valence-electron chi connectivity index (χ1n) is 8.52. The minimum atomic E-state index is -1.91. The van der Waals surface area contributed by atoms with E-state index in [1.165, 1.54) is 4.90 Å². The van der Waals surface area contributed by atoms with Crippen LogP contribution >= 0.6 is 11.8 Å². The van der Waals surface area contributed by atoms with Crippen LogP contribution in [0.4, 0.5) is 5.69 Å². The van der Waals surface area contributed by atoms with Crippen molar-refractivity contribution in [2.24, 2.45) is 0 Å². The summed E-state index contributed by atoms with van der Waals surface area (Å²) in [5, 5.41) is -0.507. The highest BCUT2D eigenvalue weighted by Gasteiger charge is 2.86. The number of amides is 2. The van der Waals surface area contributed by atoms with Crippen LogP contribution < -0.4 is 4.90 Å².